The van der Waals surface area contributed by atoms with Crippen LogP contribution in [0, 0.1) is 17.8 Å². The number of carbonyl (C=O) groups excluding carboxylic acids is 1. The van der Waals surface area contributed by atoms with E-state index < -0.39 is 15.9 Å². The molecule has 1 fully saturated rings. The molecule has 0 radical (unpaired) electrons. The third-order valence-corrected chi connectivity index (χ3v) is 6.09. The van der Waals surface area contributed by atoms with E-state index in [2.05, 4.69) is 57.3 Å². The Bertz CT molecular complexity index is 679. The fraction of sp³-hybridized carbons (Fsp3) is 0.682. The minimum atomic E-state index is -4.03. The Balaban J connectivity index is 2.37. The summed E-state index contributed by atoms with van der Waals surface area (Å²) in [5.41, 5.74) is 2.73. The molecular weight excluding hydrogens is 374 g/mol. The predicted molar refractivity (Wildman–Crippen MR) is 116 cm³/mol. The summed E-state index contributed by atoms with van der Waals surface area (Å²) in [5.74, 6) is 0.467. The third-order valence-electron chi connectivity index (χ3n) is 5.37. The van der Waals surface area contributed by atoms with Crippen molar-refractivity contribution in [2.75, 3.05) is 12.3 Å². The van der Waals surface area contributed by atoms with Gasteiger partial charge in [-0.3, -0.25) is 9.35 Å². The number of rotatable bonds is 10. The molecule has 0 saturated heterocycles. The molecule has 2 N–H and O–H groups in total. The summed E-state index contributed by atoms with van der Waals surface area (Å²) >= 11 is 0. The molecule has 160 valence electrons. The Morgan fingerprint density at radius 1 is 1.14 bits per heavy atom. The molecule has 1 amide bonds. The van der Waals surface area contributed by atoms with Gasteiger partial charge in [0.25, 0.3) is 10.1 Å². The normalized spacial score (nSPS) is 22.1. The van der Waals surface area contributed by atoms with E-state index >= 15 is 0 Å². The van der Waals surface area contributed by atoms with Crippen molar-refractivity contribution in [2.45, 2.75) is 66.2 Å². The highest BCUT2D eigenvalue weighted by Crippen LogP contribution is 2.33. The van der Waals surface area contributed by atoms with Crippen LogP contribution in [0.1, 0.15) is 66.2 Å². The van der Waals surface area contributed by atoms with Crippen molar-refractivity contribution in [3.8, 4) is 0 Å². The molecule has 0 aromatic rings. The molecule has 0 aromatic carbocycles. The van der Waals surface area contributed by atoms with Gasteiger partial charge in [-0.05, 0) is 71.1 Å². The van der Waals surface area contributed by atoms with Gasteiger partial charge in [-0.25, -0.2) is 0 Å². The van der Waals surface area contributed by atoms with E-state index in [0.717, 1.165) is 38.5 Å². The van der Waals surface area contributed by atoms with Gasteiger partial charge < -0.3 is 5.32 Å². The van der Waals surface area contributed by atoms with Gasteiger partial charge in [0.05, 0.1) is 5.75 Å². The molecule has 1 aliphatic rings. The standard InChI is InChI=1S/C22H37NO4S/c1-17(2)7-5-8-18(3)9-6-10-19(4)20-11-13-21(14-12-20)22(24)23-15-16-28(25,26)27/h6-7,9-10,18,20-21H,5,8,11-16H2,1-4H3,(H,23,24)(H,25,26,27)/b9-6+,19-10+/t18-,20?,21?/m0/s1. The summed E-state index contributed by atoms with van der Waals surface area (Å²) in [6.45, 7) is 8.63. The van der Waals surface area contributed by atoms with Crippen molar-refractivity contribution >= 4 is 16.0 Å². The average molecular weight is 412 g/mol. The Kier molecular flexibility index (Phi) is 10.8. The van der Waals surface area contributed by atoms with E-state index in [1.54, 1.807) is 0 Å². The molecule has 0 aliphatic heterocycles. The van der Waals surface area contributed by atoms with Crippen molar-refractivity contribution in [1.82, 2.24) is 5.32 Å². The fourth-order valence-corrected chi connectivity index (χ4v) is 3.88. The first-order valence-corrected chi connectivity index (χ1v) is 11.9. The Morgan fingerprint density at radius 2 is 1.75 bits per heavy atom. The van der Waals surface area contributed by atoms with Crippen molar-refractivity contribution in [3.05, 3.63) is 35.5 Å². The number of amides is 1. The summed E-state index contributed by atoms with van der Waals surface area (Å²) in [7, 11) is -4.03. The van der Waals surface area contributed by atoms with Gasteiger partial charge in [-0.1, -0.05) is 42.4 Å². The molecule has 0 unspecified atom stereocenters. The third kappa shape index (κ3) is 10.8. The van der Waals surface area contributed by atoms with E-state index in [1.807, 2.05) is 0 Å². The first kappa shape index (κ1) is 24.6. The molecule has 28 heavy (non-hydrogen) atoms. The first-order valence-electron chi connectivity index (χ1n) is 10.3. The highest BCUT2D eigenvalue weighted by atomic mass is 32.2. The van der Waals surface area contributed by atoms with Crippen molar-refractivity contribution in [1.29, 1.82) is 0 Å². The van der Waals surface area contributed by atoms with Crippen LogP contribution in [0.3, 0.4) is 0 Å². The lowest BCUT2D eigenvalue weighted by molar-refractivity contribution is -0.126. The van der Waals surface area contributed by atoms with Crippen LogP contribution in [-0.4, -0.2) is 31.2 Å². The highest BCUT2D eigenvalue weighted by Gasteiger charge is 2.26. The highest BCUT2D eigenvalue weighted by molar-refractivity contribution is 7.85. The lowest BCUT2D eigenvalue weighted by atomic mass is 9.78. The predicted octanol–water partition coefficient (Wildman–Crippen LogP) is 4.68. The van der Waals surface area contributed by atoms with Crippen LogP contribution in [-0.2, 0) is 14.9 Å². The number of hydrogen-bond donors (Lipinski definition) is 2. The van der Waals surface area contributed by atoms with Crippen LogP contribution in [0.25, 0.3) is 0 Å². The maximum absolute atomic E-state index is 12.1. The number of allylic oxidation sites excluding steroid dienone is 6. The second-order valence-electron chi connectivity index (χ2n) is 8.26. The van der Waals surface area contributed by atoms with Gasteiger partial charge in [0.2, 0.25) is 5.91 Å². The number of nitrogens with one attached hydrogen (secondary N) is 1. The fourth-order valence-electron chi connectivity index (χ4n) is 3.52. The minimum absolute atomic E-state index is 0.0346. The van der Waals surface area contributed by atoms with E-state index in [0.29, 0.717) is 11.8 Å². The molecule has 1 aliphatic carbocycles. The van der Waals surface area contributed by atoms with Crippen LogP contribution in [0.15, 0.2) is 35.5 Å². The first-order chi connectivity index (χ1) is 13.1. The van der Waals surface area contributed by atoms with Crippen LogP contribution in [0.2, 0.25) is 0 Å². The maximum atomic E-state index is 12.1. The summed E-state index contributed by atoms with van der Waals surface area (Å²) in [6.07, 6.45) is 14.8. The lowest BCUT2D eigenvalue weighted by Crippen LogP contribution is -2.36. The molecule has 1 atom stereocenters. The minimum Gasteiger partial charge on any atom is -0.355 e. The summed E-state index contributed by atoms with van der Waals surface area (Å²) < 4.78 is 30.1. The largest absolute Gasteiger partial charge is 0.355 e. The molecule has 1 rings (SSSR count). The van der Waals surface area contributed by atoms with E-state index in [4.69, 9.17) is 4.55 Å². The molecule has 0 spiro atoms. The second-order valence-corrected chi connectivity index (χ2v) is 9.83. The van der Waals surface area contributed by atoms with Crippen molar-refractivity contribution in [3.63, 3.8) is 0 Å². The molecule has 6 heteroatoms. The molecule has 0 heterocycles. The SMILES string of the molecule is CC(C)=CCC[C@H](C)/C=C/C=C(\C)C1CCC(C(=O)NCCS(=O)(=O)O)CC1. The zero-order chi connectivity index (χ0) is 21.2. The Hall–Kier alpha value is -1.40. The molecule has 0 bridgehead atoms. The molecule has 0 aromatic heterocycles. The monoisotopic (exact) mass is 411 g/mol. The zero-order valence-electron chi connectivity index (χ0n) is 17.8. The quantitative estimate of drug-likeness (QED) is 0.310. The van der Waals surface area contributed by atoms with E-state index in [-0.39, 0.29) is 18.4 Å². The zero-order valence-corrected chi connectivity index (χ0v) is 18.6. The van der Waals surface area contributed by atoms with Crippen LogP contribution in [0.5, 0.6) is 0 Å². The van der Waals surface area contributed by atoms with Gasteiger partial charge in [0.15, 0.2) is 0 Å². The van der Waals surface area contributed by atoms with Gasteiger partial charge >= 0.3 is 0 Å². The van der Waals surface area contributed by atoms with Gasteiger partial charge in [0.1, 0.15) is 0 Å². The topological polar surface area (TPSA) is 83.5 Å². The van der Waals surface area contributed by atoms with E-state index in [1.165, 1.54) is 11.1 Å². The second kappa shape index (κ2) is 12.2. The van der Waals surface area contributed by atoms with Crippen LogP contribution < -0.4 is 5.32 Å². The molecule has 5 nitrogen and oxygen atoms in total. The summed E-state index contributed by atoms with van der Waals surface area (Å²) in [6, 6.07) is 0. The van der Waals surface area contributed by atoms with Crippen molar-refractivity contribution < 1.29 is 17.8 Å². The number of hydrogen-bond acceptors (Lipinski definition) is 3. The Morgan fingerprint density at radius 3 is 2.32 bits per heavy atom. The van der Waals surface area contributed by atoms with Gasteiger partial charge in [-0.2, -0.15) is 8.42 Å². The number of carbonyl (C=O) groups is 1. The van der Waals surface area contributed by atoms with Gasteiger partial charge in [-0.15, -0.1) is 0 Å². The van der Waals surface area contributed by atoms with E-state index in [9.17, 15) is 13.2 Å². The van der Waals surface area contributed by atoms with Crippen LogP contribution >= 0.6 is 0 Å². The maximum Gasteiger partial charge on any atom is 0.266 e. The summed E-state index contributed by atoms with van der Waals surface area (Å²) in [4.78, 5) is 12.1. The van der Waals surface area contributed by atoms with Gasteiger partial charge in [0, 0.05) is 12.5 Å². The van der Waals surface area contributed by atoms with Crippen LogP contribution in [0.4, 0.5) is 0 Å². The summed E-state index contributed by atoms with van der Waals surface area (Å²) in [5, 5.41) is 2.62. The smallest absolute Gasteiger partial charge is 0.266 e. The molecule has 1 saturated carbocycles. The molecular formula is C22H37NO4S. The van der Waals surface area contributed by atoms with Crippen molar-refractivity contribution in [2.24, 2.45) is 17.8 Å². The Labute approximate surface area is 171 Å². The lowest BCUT2D eigenvalue weighted by Gasteiger charge is -2.28. The average Bonchev–Trinajstić information content (AvgIpc) is 2.60.